The summed E-state index contributed by atoms with van der Waals surface area (Å²) in [6.07, 6.45) is -0.203. The zero-order chi connectivity index (χ0) is 10.6. The molecule has 1 aliphatic heterocycles. The molecule has 1 rings (SSSR count). The molecule has 1 saturated heterocycles. The second kappa shape index (κ2) is 4.92. The number of aliphatic carboxylic acids is 1. The van der Waals surface area contributed by atoms with E-state index in [1.54, 1.807) is 7.05 Å². The Morgan fingerprint density at radius 2 is 2.36 bits per heavy atom. The van der Waals surface area contributed by atoms with Gasteiger partial charge in [-0.2, -0.15) is 0 Å². The van der Waals surface area contributed by atoms with E-state index in [1.807, 2.05) is 0 Å². The molecule has 14 heavy (non-hydrogen) atoms. The van der Waals surface area contributed by atoms with Crippen LogP contribution < -0.4 is 5.32 Å². The Morgan fingerprint density at radius 1 is 1.64 bits per heavy atom. The Hall–Kier alpha value is -1.14. The summed E-state index contributed by atoms with van der Waals surface area (Å²) in [7, 11) is 1.57. The molecule has 1 heterocycles. The topological polar surface area (TPSA) is 78.9 Å². The van der Waals surface area contributed by atoms with Crippen LogP contribution in [0.25, 0.3) is 0 Å². The van der Waals surface area contributed by atoms with Crippen LogP contribution in [0.4, 0.5) is 0 Å². The van der Waals surface area contributed by atoms with Crippen molar-refractivity contribution in [2.24, 2.45) is 0 Å². The summed E-state index contributed by atoms with van der Waals surface area (Å²) in [5, 5.41) is 11.2. The molecule has 80 valence electrons. The summed E-state index contributed by atoms with van der Waals surface area (Å²) in [4.78, 5) is 23.6. The third kappa shape index (κ3) is 2.68. The van der Waals surface area contributed by atoms with Gasteiger partial charge in [0.1, 0.15) is 6.73 Å². The lowest BCUT2D eigenvalue weighted by Gasteiger charge is -2.20. The lowest BCUT2D eigenvalue weighted by atomic mass is 10.2. The Bertz CT molecular complexity index is 225. The van der Waals surface area contributed by atoms with Crippen LogP contribution in [0.2, 0.25) is 0 Å². The number of rotatable bonds is 4. The first-order valence-electron chi connectivity index (χ1n) is 4.40. The fourth-order valence-corrected chi connectivity index (χ4v) is 1.30. The molecule has 1 fully saturated rings. The zero-order valence-corrected chi connectivity index (χ0v) is 8.02. The van der Waals surface area contributed by atoms with E-state index in [1.165, 1.54) is 4.90 Å². The molecule has 1 aliphatic rings. The number of ether oxygens (including phenoxy) is 1. The number of hydrogen-bond donors (Lipinski definition) is 2. The summed E-state index contributed by atoms with van der Waals surface area (Å²) in [6, 6.07) is -0.658. The van der Waals surface area contributed by atoms with Gasteiger partial charge < -0.3 is 20.1 Å². The summed E-state index contributed by atoms with van der Waals surface area (Å²) >= 11 is 0. The van der Waals surface area contributed by atoms with Gasteiger partial charge in [-0.15, -0.1) is 0 Å². The maximum atomic E-state index is 11.6. The van der Waals surface area contributed by atoms with E-state index in [2.05, 4.69) is 5.32 Å². The predicted octanol–water partition coefficient (Wildman–Crippen LogP) is -1.13. The van der Waals surface area contributed by atoms with E-state index in [-0.39, 0.29) is 19.1 Å². The van der Waals surface area contributed by atoms with Gasteiger partial charge in [0, 0.05) is 6.54 Å². The maximum Gasteiger partial charge on any atom is 0.305 e. The Balaban J connectivity index is 2.50. The normalized spacial score (nSPS) is 18.2. The van der Waals surface area contributed by atoms with Gasteiger partial charge in [-0.25, -0.2) is 0 Å². The molecular formula is C8H14N2O4. The molecule has 0 aromatic carbocycles. The summed E-state index contributed by atoms with van der Waals surface area (Å²) in [5.74, 6) is -1.20. The minimum Gasteiger partial charge on any atom is -0.481 e. The highest BCUT2D eigenvalue weighted by atomic mass is 16.5. The molecule has 0 radical (unpaired) electrons. The van der Waals surface area contributed by atoms with Crippen LogP contribution in [-0.2, 0) is 14.3 Å². The molecule has 0 unspecified atom stereocenters. The molecule has 0 aliphatic carbocycles. The molecule has 0 aromatic rings. The van der Waals surface area contributed by atoms with E-state index in [0.717, 1.165) is 0 Å². The number of carbonyl (C=O) groups excluding carboxylic acids is 1. The highest BCUT2D eigenvalue weighted by Gasteiger charge is 2.27. The second-order valence-electron chi connectivity index (χ2n) is 3.08. The number of likely N-dealkylation sites (N-methyl/N-ethyl adjacent to an activating group) is 1. The van der Waals surface area contributed by atoms with Gasteiger partial charge in [-0.05, 0) is 7.05 Å². The third-order valence-corrected chi connectivity index (χ3v) is 2.09. The standard InChI is InChI=1S/C8H14N2O4/c1-9-6(4-7(11)12)8(13)10-2-3-14-5-10/h6,9H,2-5H2,1H3,(H,11,12)/t6-/m0/s1. The van der Waals surface area contributed by atoms with Crippen LogP contribution in [0, 0.1) is 0 Å². The van der Waals surface area contributed by atoms with Crippen LogP contribution in [0.15, 0.2) is 0 Å². The number of carbonyl (C=O) groups is 2. The van der Waals surface area contributed by atoms with Gasteiger partial charge in [0.2, 0.25) is 5.91 Å². The SMILES string of the molecule is CN[C@@H](CC(=O)O)C(=O)N1CCOC1. The van der Waals surface area contributed by atoms with Crippen molar-refractivity contribution in [3.05, 3.63) is 0 Å². The Kier molecular flexibility index (Phi) is 3.84. The average molecular weight is 202 g/mol. The molecule has 1 atom stereocenters. The smallest absolute Gasteiger partial charge is 0.305 e. The van der Waals surface area contributed by atoms with Crippen LogP contribution >= 0.6 is 0 Å². The van der Waals surface area contributed by atoms with Crippen molar-refractivity contribution < 1.29 is 19.4 Å². The van der Waals surface area contributed by atoms with Crippen LogP contribution in [-0.4, -0.2) is 54.9 Å². The number of carboxylic acids is 1. The van der Waals surface area contributed by atoms with Gasteiger partial charge in [-0.3, -0.25) is 9.59 Å². The average Bonchev–Trinajstić information content (AvgIpc) is 2.65. The molecule has 0 bridgehead atoms. The maximum absolute atomic E-state index is 11.6. The van der Waals surface area contributed by atoms with Crippen molar-refractivity contribution in [2.45, 2.75) is 12.5 Å². The largest absolute Gasteiger partial charge is 0.481 e. The van der Waals surface area contributed by atoms with E-state index < -0.39 is 12.0 Å². The Morgan fingerprint density at radius 3 is 2.79 bits per heavy atom. The highest BCUT2D eigenvalue weighted by Crippen LogP contribution is 2.04. The predicted molar refractivity (Wildman–Crippen MR) is 47.6 cm³/mol. The van der Waals surface area contributed by atoms with E-state index in [0.29, 0.717) is 13.2 Å². The first-order valence-corrected chi connectivity index (χ1v) is 4.40. The van der Waals surface area contributed by atoms with Crippen molar-refractivity contribution in [1.82, 2.24) is 10.2 Å². The van der Waals surface area contributed by atoms with Crippen LogP contribution in [0.5, 0.6) is 0 Å². The minimum absolute atomic E-state index is 0.203. The molecule has 6 heteroatoms. The number of amides is 1. The quantitative estimate of drug-likeness (QED) is 0.602. The fourth-order valence-electron chi connectivity index (χ4n) is 1.30. The number of hydrogen-bond acceptors (Lipinski definition) is 4. The summed E-state index contributed by atoms with van der Waals surface area (Å²) in [5.41, 5.74) is 0. The van der Waals surface area contributed by atoms with Gasteiger partial charge in [0.25, 0.3) is 0 Å². The lowest BCUT2D eigenvalue weighted by molar-refractivity contribution is -0.142. The number of nitrogens with zero attached hydrogens (tertiary/aromatic N) is 1. The van der Waals surface area contributed by atoms with Crippen LogP contribution in [0.1, 0.15) is 6.42 Å². The van der Waals surface area contributed by atoms with Crippen molar-refractivity contribution in [3.8, 4) is 0 Å². The molecule has 0 spiro atoms. The fraction of sp³-hybridized carbons (Fsp3) is 0.750. The molecule has 2 N–H and O–H groups in total. The van der Waals surface area contributed by atoms with E-state index >= 15 is 0 Å². The van der Waals surface area contributed by atoms with Gasteiger partial charge >= 0.3 is 5.97 Å². The highest BCUT2D eigenvalue weighted by molar-refractivity contribution is 5.86. The summed E-state index contributed by atoms with van der Waals surface area (Å²) < 4.78 is 5.01. The molecular weight excluding hydrogens is 188 g/mol. The molecule has 6 nitrogen and oxygen atoms in total. The van der Waals surface area contributed by atoms with Crippen molar-refractivity contribution in [3.63, 3.8) is 0 Å². The van der Waals surface area contributed by atoms with Crippen molar-refractivity contribution >= 4 is 11.9 Å². The first kappa shape index (κ1) is 10.9. The lowest BCUT2D eigenvalue weighted by Crippen LogP contribution is -2.45. The van der Waals surface area contributed by atoms with Gasteiger partial charge in [-0.1, -0.05) is 0 Å². The van der Waals surface area contributed by atoms with Crippen molar-refractivity contribution in [2.75, 3.05) is 26.9 Å². The Labute approximate surface area is 81.8 Å². The van der Waals surface area contributed by atoms with Crippen molar-refractivity contribution in [1.29, 1.82) is 0 Å². The monoisotopic (exact) mass is 202 g/mol. The molecule has 0 saturated carbocycles. The minimum atomic E-state index is -0.988. The molecule has 0 aromatic heterocycles. The van der Waals surface area contributed by atoms with Gasteiger partial charge in [0.15, 0.2) is 0 Å². The van der Waals surface area contributed by atoms with E-state index in [4.69, 9.17) is 9.84 Å². The van der Waals surface area contributed by atoms with E-state index in [9.17, 15) is 9.59 Å². The second-order valence-corrected chi connectivity index (χ2v) is 3.08. The third-order valence-electron chi connectivity index (χ3n) is 2.09. The zero-order valence-electron chi connectivity index (χ0n) is 8.02. The number of carboxylic acid groups (broad SMARTS) is 1. The van der Waals surface area contributed by atoms with Crippen LogP contribution in [0.3, 0.4) is 0 Å². The molecule has 1 amide bonds. The van der Waals surface area contributed by atoms with Gasteiger partial charge in [0.05, 0.1) is 19.1 Å². The summed E-state index contributed by atoms with van der Waals surface area (Å²) in [6.45, 7) is 1.32. The first-order chi connectivity index (χ1) is 6.65. The number of nitrogens with one attached hydrogen (secondary N) is 1.